The quantitative estimate of drug-likeness (QED) is 0.142. The van der Waals surface area contributed by atoms with Crippen molar-refractivity contribution in [3.63, 3.8) is 0 Å². The summed E-state index contributed by atoms with van der Waals surface area (Å²) in [6, 6.07) is 40.8. The summed E-state index contributed by atoms with van der Waals surface area (Å²) in [4.78, 5) is 44.7. The highest BCUT2D eigenvalue weighted by molar-refractivity contribution is 7.24. The molecule has 5 aliphatic heterocycles. The van der Waals surface area contributed by atoms with Crippen molar-refractivity contribution in [2.45, 2.75) is 32.7 Å². The zero-order chi connectivity index (χ0) is 70.2. The number of fused-ring (bicyclic) bond motifs is 35. The lowest BCUT2D eigenvalue weighted by molar-refractivity contribution is -0.671. The van der Waals surface area contributed by atoms with Crippen LogP contribution in [0.4, 0.5) is 0 Å². The van der Waals surface area contributed by atoms with E-state index in [2.05, 4.69) is 194 Å². The molecule has 0 N–H and O–H groups in total. The van der Waals surface area contributed by atoms with Crippen molar-refractivity contribution in [2.75, 3.05) is 0 Å². The van der Waals surface area contributed by atoms with Gasteiger partial charge in [0.2, 0.25) is 21.9 Å². The number of pyridine rings is 10. The van der Waals surface area contributed by atoms with Crippen molar-refractivity contribution in [1.82, 2.24) is 85.5 Å². The van der Waals surface area contributed by atoms with Crippen LogP contribution in [0.2, 0.25) is 0 Å². The third kappa shape index (κ3) is 8.35. The Bertz CT molecular complexity index is 7090. The monoisotopic (exact) mass is 1370 g/mol. The Morgan fingerprint density at radius 1 is 0.427 bits per heavy atom. The molecule has 0 amide bonds. The first-order valence-corrected chi connectivity index (χ1v) is 34.4. The predicted octanol–water partition coefficient (Wildman–Crippen LogP) is 10.1. The number of hydrogen-bond acceptors (Lipinski definition) is 12. The highest BCUT2D eigenvalue weighted by Gasteiger charge is 2.38. The minimum atomic E-state index is -2.27. The molecule has 1 aromatic carbocycles. The van der Waals surface area contributed by atoms with E-state index in [0.717, 1.165) is 127 Å². The fourth-order valence-corrected chi connectivity index (χ4v) is 17.1. The molecule has 0 saturated heterocycles. The van der Waals surface area contributed by atoms with Gasteiger partial charge in [0.15, 0.2) is 38.9 Å². The molecule has 0 saturated carbocycles. The van der Waals surface area contributed by atoms with Gasteiger partial charge in [0.1, 0.15) is 61.2 Å². The number of aryl methyl sites for hydroxylation is 2. The van der Waals surface area contributed by atoms with Gasteiger partial charge in [0.25, 0.3) is 36.6 Å². The number of para-hydroxylation sites is 1. The summed E-state index contributed by atoms with van der Waals surface area (Å²) in [7, 11) is 2.09. The molecule has 490 valence electrons. The number of oxazole rings is 1. The van der Waals surface area contributed by atoms with E-state index in [-0.39, 0.29) is 0 Å². The first kappa shape index (κ1) is 54.1. The molecule has 0 radical (unpaired) electrons. The molecule has 5 aliphatic rings. The van der Waals surface area contributed by atoms with Crippen LogP contribution in [0.25, 0.3) is 144 Å². The van der Waals surface area contributed by atoms with Gasteiger partial charge in [-0.15, -0.1) is 0 Å². The maximum atomic E-state index is 7.95. The summed E-state index contributed by atoms with van der Waals surface area (Å²) in [5.74, 6) is 0.626. The van der Waals surface area contributed by atoms with Crippen LogP contribution in [0, 0.1) is 0 Å². The number of hydrogen-bond donors (Lipinski definition) is 0. The van der Waals surface area contributed by atoms with Crippen LogP contribution in [-0.2, 0) is 46.7 Å². The molecule has 0 fully saturated rings. The molecule has 0 aliphatic carbocycles. The summed E-state index contributed by atoms with van der Waals surface area (Å²) in [6.07, 6.45) is 37.9. The van der Waals surface area contributed by atoms with E-state index in [1.54, 1.807) is 48.4 Å². The molecule has 0 bridgehead atoms. The van der Waals surface area contributed by atoms with E-state index in [0.29, 0.717) is 17.8 Å². The van der Waals surface area contributed by atoms with Gasteiger partial charge in [-0.25, -0.2) is 27.4 Å². The topological polar surface area (TPSA) is 198 Å². The van der Waals surface area contributed by atoms with Crippen LogP contribution in [0.1, 0.15) is 32.6 Å². The molecule has 26 rings (SSSR count). The number of imidazole rings is 8. The highest BCUT2D eigenvalue weighted by atomic mass is 32.1. The molecular weight excluding hydrogens is 1310 g/mol. The molecule has 24 nitrogen and oxygen atoms in total. The van der Waals surface area contributed by atoms with Crippen molar-refractivity contribution >= 4 is 93.4 Å². The summed E-state index contributed by atoms with van der Waals surface area (Å²) in [6.45, 7) is 1.63. The third-order valence-corrected chi connectivity index (χ3v) is 21.5. The zero-order valence-electron chi connectivity index (χ0n) is 57.7. The third-order valence-electron chi connectivity index (χ3n) is 20.4. The van der Waals surface area contributed by atoms with Crippen LogP contribution in [0.3, 0.4) is 0 Å². The van der Waals surface area contributed by atoms with E-state index in [1.165, 1.54) is 64.6 Å². The summed E-state index contributed by atoms with van der Waals surface area (Å²) in [5, 5.41) is 0. The zero-order valence-corrected chi connectivity index (χ0v) is 55.5. The van der Waals surface area contributed by atoms with Gasteiger partial charge in [-0.1, -0.05) is 29.5 Å². The Kier molecular flexibility index (Phi) is 11.5. The van der Waals surface area contributed by atoms with Gasteiger partial charge in [-0.05, 0) is 78.9 Å². The first-order chi connectivity index (χ1) is 52.1. The summed E-state index contributed by atoms with van der Waals surface area (Å²) in [5.41, 5.74) is 30.6. The van der Waals surface area contributed by atoms with Crippen LogP contribution in [-0.4, -0.2) is 85.5 Å². The van der Waals surface area contributed by atoms with Gasteiger partial charge in [-0.3, -0.25) is 54.4 Å². The van der Waals surface area contributed by atoms with Crippen LogP contribution in [0.15, 0.2) is 250 Å². The van der Waals surface area contributed by atoms with E-state index < -0.39 is 6.98 Å². The summed E-state index contributed by atoms with van der Waals surface area (Å²) >= 11 is 1.79. The molecular formula is C78H56N23OS+5. The van der Waals surface area contributed by atoms with E-state index in [1.807, 2.05) is 126 Å². The standard InChI is InChI=1S/C20H14N5.2C15H12N5.C14H9N4O.C14H9N4S/c1-2-5-14(6-3-1)25-18-11-21-10-8-17(18)24-13-23-12-16-15(7-4-9-22-16)19(23)20(24)25;1-18-13-7-16-6-4-12(13)20-9-19-8-11-10(3-2-5-17-11)14(19)15(18)20;1-18-12-4-6-16-7-13(12)20-9-14-10-3-2-5-17-11(10)8-19(14)15(18)20;2*1-2-9-10(16-4-1)7-17-8-18-11-3-5-15-6-12(11)19-14(18)13(9)17/h1-11,13H,12H2;2*2-7,9H,8H2,1H3;2*1-6,8H,7H2/q5*+1/i;;1D3;;. The normalized spacial score (nSPS) is 13.5. The Labute approximate surface area is 590 Å². The van der Waals surface area contributed by atoms with E-state index in [9.17, 15) is 0 Å². The van der Waals surface area contributed by atoms with Crippen LogP contribution >= 0.6 is 11.3 Å². The lowest BCUT2D eigenvalue weighted by atomic mass is 10.2. The van der Waals surface area contributed by atoms with Gasteiger partial charge >= 0.3 is 11.5 Å². The van der Waals surface area contributed by atoms with Crippen LogP contribution < -0.4 is 22.8 Å². The molecule has 25 heteroatoms. The van der Waals surface area contributed by atoms with Crippen molar-refractivity contribution < 1.29 is 31.4 Å². The van der Waals surface area contributed by atoms with Gasteiger partial charge in [0.05, 0.1) is 91.3 Å². The predicted molar refractivity (Wildman–Crippen MR) is 384 cm³/mol. The SMILES string of the molecule is Cn1c2cnccc2n2c[n+]3c(c12)-c1cccnc1C3.[2H]C([2H])([2H])[n+]1c2ccncc2n2cc3n(c21)Cc1ncccc1-3.c1ccc(-n2c3cnccc3n3c[n+]4c(c23)-c2cccnc2C4)cc1.c1cnc2c(c1)-c1c3oc4cnccc4n3c[n+]1C2.c1cnc2c(c1)-c1c3sc4cnccc4n3c[n+]1C2. The maximum absolute atomic E-state index is 7.95. The van der Waals surface area contributed by atoms with Crippen molar-refractivity contribution in [1.29, 1.82) is 0 Å². The van der Waals surface area contributed by atoms with Crippen molar-refractivity contribution in [2.24, 2.45) is 14.0 Å². The Morgan fingerprint density at radius 3 is 1.62 bits per heavy atom. The average Bonchev–Trinajstić information content (AvgIpc) is 1.55. The molecule has 21 aromatic rings. The lowest BCUT2D eigenvalue weighted by Crippen LogP contribution is -2.29. The molecule has 0 atom stereocenters. The summed E-state index contributed by atoms with van der Waals surface area (Å²) < 4.78 is 58.7. The maximum Gasteiger partial charge on any atom is 0.370 e. The number of rotatable bonds is 1. The van der Waals surface area contributed by atoms with Crippen molar-refractivity contribution in [3.05, 3.63) is 274 Å². The second kappa shape index (κ2) is 21.8. The number of thiazole rings is 1. The Hall–Kier alpha value is -13.8. The number of benzene rings is 1. The molecule has 25 heterocycles. The molecule has 103 heavy (non-hydrogen) atoms. The second-order valence-electron chi connectivity index (χ2n) is 25.9. The first-order valence-electron chi connectivity index (χ1n) is 35.1. The van der Waals surface area contributed by atoms with E-state index in [4.69, 9.17) is 8.53 Å². The fraction of sp³-hybridized carbons (Fsp3) is 0.0897. The smallest absolute Gasteiger partial charge is 0.370 e. The van der Waals surface area contributed by atoms with Gasteiger partial charge in [-0.2, -0.15) is 22.0 Å². The molecule has 0 unspecified atom stereocenters. The molecule has 20 aromatic heterocycles. The van der Waals surface area contributed by atoms with Gasteiger partial charge < -0.3 is 8.98 Å². The Morgan fingerprint density at radius 2 is 0.942 bits per heavy atom. The largest absolute Gasteiger partial charge is 0.413 e. The Balaban J connectivity index is 0.0000000830. The second-order valence-corrected chi connectivity index (χ2v) is 26.9. The lowest BCUT2D eigenvalue weighted by Gasteiger charge is -2.04. The van der Waals surface area contributed by atoms with Crippen LogP contribution in [0.5, 0.6) is 0 Å². The fourth-order valence-electron chi connectivity index (χ4n) is 16.0. The number of aromatic nitrogens is 23. The number of nitrogens with zero attached hydrogens (tertiary/aromatic N) is 23. The minimum absolute atomic E-state index is 0.571. The minimum Gasteiger partial charge on any atom is -0.413 e. The average molecular weight is 1370 g/mol. The molecule has 0 spiro atoms. The van der Waals surface area contributed by atoms with Gasteiger partial charge in [0, 0.05) is 111 Å². The van der Waals surface area contributed by atoms with Crippen molar-refractivity contribution in [3.8, 4) is 62.0 Å². The van der Waals surface area contributed by atoms with E-state index >= 15 is 0 Å². The highest BCUT2D eigenvalue weighted by Crippen LogP contribution is 2.40.